The maximum absolute atomic E-state index is 13.4. The minimum absolute atomic E-state index is 0.240. The van der Waals surface area contributed by atoms with Gasteiger partial charge in [0, 0.05) is 21.7 Å². The van der Waals surface area contributed by atoms with Gasteiger partial charge in [0.05, 0.1) is 11.1 Å². The highest BCUT2D eigenvalue weighted by atomic mass is 79.9. The zero-order valence-electron chi connectivity index (χ0n) is 10.3. The molecule has 1 atom stereocenters. The van der Waals surface area contributed by atoms with Gasteiger partial charge in [0.25, 0.3) is 0 Å². The van der Waals surface area contributed by atoms with Crippen LogP contribution in [0, 0.1) is 5.82 Å². The number of benzene rings is 2. The third-order valence-corrected chi connectivity index (χ3v) is 4.22. The molecule has 0 fully saturated rings. The van der Waals surface area contributed by atoms with Gasteiger partial charge in [-0.2, -0.15) is 0 Å². The van der Waals surface area contributed by atoms with E-state index >= 15 is 0 Å². The van der Waals surface area contributed by atoms with Gasteiger partial charge in [0.15, 0.2) is 0 Å². The molecule has 0 aliphatic carbocycles. The van der Waals surface area contributed by atoms with Crippen molar-refractivity contribution in [1.29, 1.82) is 0 Å². The minimum Gasteiger partial charge on any atom is -0.377 e. The molecule has 0 aliphatic heterocycles. The van der Waals surface area contributed by atoms with Gasteiger partial charge in [0.1, 0.15) is 5.82 Å². The first-order valence-corrected chi connectivity index (χ1v) is 7.42. The number of hydrogen-bond donors (Lipinski definition) is 2. The van der Waals surface area contributed by atoms with Crippen molar-refractivity contribution in [1.82, 2.24) is 0 Å². The molecule has 0 bridgehead atoms. The largest absolute Gasteiger partial charge is 0.377 e. The quantitative estimate of drug-likeness (QED) is 0.786. The fourth-order valence-electron chi connectivity index (χ4n) is 1.84. The summed E-state index contributed by atoms with van der Waals surface area (Å²) in [6.45, 7) is 0.306. The normalized spacial score (nSPS) is 12.2. The Labute approximate surface area is 135 Å². The third kappa shape index (κ3) is 3.85. The van der Waals surface area contributed by atoms with Crippen LogP contribution in [0.3, 0.4) is 0 Å². The van der Waals surface area contributed by atoms with Crippen molar-refractivity contribution in [3.63, 3.8) is 0 Å². The van der Waals surface area contributed by atoms with Gasteiger partial charge in [-0.3, -0.25) is 0 Å². The molecule has 6 heteroatoms. The second-order valence-corrected chi connectivity index (χ2v) is 5.96. The Kier molecular flexibility index (Phi) is 5.27. The highest BCUT2D eigenvalue weighted by Crippen LogP contribution is 2.28. The van der Waals surface area contributed by atoms with Gasteiger partial charge >= 0.3 is 0 Å². The van der Waals surface area contributed by atoms with E-state index in [0.717, 1.165) is 10.2 Å². The van der Waals surface area contributed by atoms with Crippen LogP contribution >= 0.6 is 39.1 Å². The summed E-state index contributed by atoms with van der Waals surface area (Å²) in [7, 11) is 0. The van der Waals surface area contributed by atoms with E-state index in [0.29, 0.717) is 22.2 Å². The Balaban J connectivity index is 2.26. The molecule has 0 aliphatic rings. The number of rotatable bonds is 4. The summed E-state index contributed by atoms with van der Waals surface area (Å²) in [6.07, 6.45) is 0. The van der Waals surface area contributed by atoms with Crippen molar-refractivity contribution in [3.05, 3.63) is 62.3 Å². The number of nitrogens with two attached hydrogens (primary N) is 1. The molecular formula is C14H12BrCl2FN2. The summed E-state index contributed by atoms with van der Waals surface area (Å²) < 4.78 is 14.2. The summed E-state index contributed by atoms with van der Waals surface area (Å²) in [5.74, 6) is -0.384. The topological polar surface area (TPSA) is 38.0 Å². The van der Waals surface area contributed by atoms with Gasteiger partial charge in [0.2, 0.25) is 0 Å². The van der Waals surface area contributed by atoms with E-state index in [2.05, 4.69) is 21.2 Å². The van der Waals surface area contributed by atoms with Crippen LogP contribution in [0.4, 0.5) is 10.1 Å². The zero-order valence-corrected chi connectivity index (χ0v) is 13.4. The second kappa shape index (κ2) is 6.76. The molecule has 2 nitrogen and oxygen atoms in total. The highest BCUT2D eigenvalue weighted by Gasteiger charge is 2.12. The van der Waals surface area contributed by atoms with Crippen LogP contribution < -0.4 is 11.1 Å². The van der Waals surface area contributed by atoms with Gasteiger partial charge in [-0.1, -0.05) is 23.2 Å². The van der Waals surface area contributed by atoms with Crippen LogP contribution in [-0.4, -0.2) is 6.54 Å². The average Bonchev–Trinajstić information content (AvgIpc) is 2.38. The number of halogens is 4. The molecule has 0 heterocycles. The summed E-state index contributed by atoms with van der Waals surface area (Å²) >= 11 is 15.2. The van der Waals surface area contributed by atoms with Crippen LogP contribution in [0.2, 0.25) is 10.0 Å². The molecule has 1 unspecified atom stereocenters. The Bertz CT molecular complexity index is 602. The molecule has 2 rings (SSSR count). The fourth-order valence-corrected chi connectivity index (χ4v) is 2.57. The molecule has 0 spiro atoms. The van der Waals surface area contributed by atoms with Crippen molar-refractivity contribution in [2.24, 2.45) is 5.73 Å². The fraction of sp³-hybridized carbons (Fsp3) is 0.143. The molecule has 20 heavy (non-hydrogen) atoms. The lowest BCUT2D eigenvalue weighted by atomic mass is 10.1. The summed E-state index contributed by atoms with van der Waals surface area (Å²) in [4.78, 5) is 0. The van der Waals surface area contributed by atoms with Gasteiger partial charge in [-0.05, 0) is 57.9 Å². The smallest absolute Gasteiger partial charge is 0.125 e. The third-order valence-electron chi connectivity index (χ3n) is 2.78. The first kappa shape index (κ1) is 15.6. The summed E-state index contributed by atoms with van der Waals surface area (Å²) in [6, 6.07) is 9.57. The van der Waals surface area contributed by atoms with Crippen molar-refractivity contribution in [2.75, 3.05) is 11.9 Å². The van der Waals surface area contributed by atoms with E-state index in [-0.39, 0.29) is 11.9 Å². The molecule has 0 saturated carbocycles. The predicted octanol–water partition coefficient (Wildman–Crippen LogP) is 5.01. The van der Waals surface area contributed by atoms with Crippen LogP contribution in [-0.2, 0) is 0 Å². The van der Waals surface area contributed by atoms with E-state index in [1.807, 2.05) is 12.1 Å². The number of anilines is 1. The van der Waals surface area contributed by atoms with Gasteiger partial charge in [-0.25, -0.2) is 4.39 Å². The Morgan fingerprint density at radius 1 is 1.20 bits per heavy atom. The molecular weight excluding hydrogens is 366 g/mol. The zero-order chi connectivity index (χ0) is 14.7. The number of nitrogens with one attached hydrogen (secondary N) is 1. The van der Waals surface area contributed by atoms with E-state index in [9.17, 15) is 4.39 Å². The first-order valence-electron chi connectivity index (χ1n) is 5.87. The lowest BCUT2D eigenvalue weighted by Gasteiger charge is -2.19. The number of hydrogen-bond acceptors (Lipinski definition) is 2. The summed E-state index contributed by atoms with van der Waals surface area (Å²) in [5, 5.41) is 4.19. The Hall–Kier alpha value is -0.810. The van der Waals surface area contributed by atoms with Crippen LogP contribution in [0.25, 0.3) is 0 Å². The predicted molar refractivity (Wildman–Crippen MR) is 86.0 cm³/mol. The Morgan fingerprint density at radius 3 is 2.55 bits per heavy atom. The molecule has 0 amide bonds. The highest BCUT2D eigenvalue weighted by molar-refractivity contribution is 9.10. The molecule has 2 aromatic carbocycles. The molecule has 0 aromatic heterocycles. The van der Waals surface area contributed by atoms with E-state index < -0.39 is 0 Å². The average molecular weight is 378 g/mol. The maximum Gasteiger partial charge on any atom is 0.125 e. The SMILES string of the molecule is NCC(Nc1ccc(Cl)c(Br)c1)c1cc(F)cc(Cl)c1. The van der Waals surface area contributed by atoms with E-state index in [4.69, 9.17) is 28.9 Å². The molecule has 0 radical (unpaired) electrons. The maximum atomic E-state index is 13.4. The molecule has 0 saturated heterocycles. The van der Waals surface area contributed by atoms with Crippen molar-refractivity contribution in [2.45, 2.75) is 6.04 Å². The lowest BCUT2D eigenvalue weighted by molar-refractivity contribution is 0.622. The molecule has 2 aromatic rings. The molecule has 106 valence electrons. The minimum atomic E-state index is -0.384. The van der Waals surface area contributed by atoms with Crippen molar-refractivity contribution >= 4 is 44.8 Å². The van der Waals surface area contributed by atoms with E-state index in [1.165, 1.54) is 12.1 Å². The monoisotopic (exact) mass is 376 g/mol. The molecule has 3 N–H and O–H groups in total. The lowest BCUT2D eigenvalue weighted by Crippen LogP contribution is -2.20. The van der Waals surface area contributed by atoms with Gasteiger partial charge < -0.3 is 11.1 Å². The van der Waals surface area contributed by atoms with Crippen LogP contribution in [0.5, 0.6) is 0 Å². The Morgan fingerprint density at radius 2 is 1.95 bits per heavy atom. The first-order chi connectivity index (χ1) is 9.49. The van der Waals surface area contributed by atoms with Crippen molar-refractivity contribution < 1.29 is 4.39 Å². The van der Waals surface area contributed by atoms with Crippen molar-refractivity contribution in [3.8, 4) is 0 Å². The van der Waals surface area contributed by atoms with Crippen LogP contribution in [0.15, 0.2) is 40.9 Å². The van der Waals surface area contributed by atoms with Gasteiger partial charge in [-0.15, -0.1) is 0 Å². The van der Waals surface area contributed by atoms with Crippen LogP contribution in [0.1, 0.15) is 11.6 Å². The standard InChI is InChI=1S/C14H12BrCl2FN2/c15-12-6-11(1-2-13(12)17)20-14(7-19)8-3-9(16)5-10(18)4-8/h1-6,14,20H,7,19H2. The summed E-state index contributed by atoms with van der Waals surface area (Å²) in [5.41, 5.74) is 7.28. The second-order valence-electron chi connectivity index (χ2n) is 4.26. The van der Waals surface area contributed by atoms with E-state index in [1.54, 1.807) is 12.1 Å².